The Morgan fingerprint density at radius 2 is 1.62 bits per heavy atom. The maximum Gasteiger partial charge on any atom is 0.213 e. The molecule has 1 heterocycles. The number of sulfonamides is 1. The summed E-state index contributed by atoms with van der Waals surface area (Å²) in [4.78, 5) is 0. The van der Waals surface area contributed by atoms with Crippen molar-refractivity contribution in [2.45, 2.75) is 19.8 Å². The van der Waals surface area contributed by atoms with Crippen molar-refractivity contribution in [3.05, 3.63) is 0 Å². The average molecular weight is 269 g/mol. The Bertz CT molecular complexity index is 418. The van der Waals surface area contributed by atoms with Crippen molar-refractivity contribution < 1.29 is 16.8 Å². The Hall–Kier alpha value is -0.140. The van der Waals surface area contributed by atoms with Crippen LogP contribution in [0.5, 0.6) is 0 Å². The van der Waals surface area contributed by atoms with Gasteiger partial charge in [0, 0.05) is 19.3 Å². The lowest BCUT2D eigenvalue weighted by molar-refractivity contribution is 0.289. The van der Waals surface area contributed by atoms with Gasteiger partial charge in [0.15, 0.2) is 0 Å². The maximum atomic E-state index is 11.6. The van der Waals surface area contributed by atoms with Crippen LogP contribution in [0.2, 0.25) is 0 Å². The van der Waals surface area contributed by atoms with Gasteiger partial charge in [-0.25, -0.2) is 21.1 Å². The van der Waals surface area contributed by atoms with Crippen LogP contribution in [0.25, 0.3) is 0 Å². The molecule has 16 heavy (non-hydrogen) atoms. The fourth-order valence-corrected chi connectivity index (χ4v) is 4.29. The van der Waals surface area contributed by atoms with E-state index in [0.717, 1.165) is 0 Å². The standard InChI is InChI=1S/C9H19NO4S2/c1-3-16(13,14)10-6-4-9(5-7-10)8-15(2,11)12/h9H,3-8H2,1-2H3. The molecular weight excluding hydrogens is 250 g/mol. The van der Waals surface area contributed by atoms with E-state index < -0.39 is 19.9 Å². The van der Waals surface area contributed by atoms with Crippen LogP contribution in [0, 0.1) is 5.92 Å². The highest BCUT2D eigenvalue weighted by Gasteiger charge is 2.28. The fourth-order valence-electron chi connectivity index (χ4n) is 1.96. The highest BCUT2D eigenvalue weighted by Crippen LogP contribution is 2.20. The quantitative estimate of drug-likeness (QED) is 0.725. The van der Waals surface area contributed by atoms with Crippen molar-refractivity contribution in [2.24, 2.45) is 5.92 Å². The Labute approximate surface area is 97.8 Å². The van der Waals surface area contributed by atoms with Gasteiger partial charge in [0.05, 0.1) is 11.5 Å². The van der Waals surface area contributed by atoms with Gasteiger partial charge >= 0.3 is 0 Å². The second kappa shape index (κ2) is 5.01. The third-order valence-corrected chi connectivity index (χ3v) is 5.83. The number of sulfone groups is 1. The molecule has 0 spiro atoms. The molecule has 0 bridgehead atoms. The van der Waals surface area contributed by atoms with Gasteiger partial charge in [-0.05, 0) is 25.7 Å². The normalized spacial score (nSPS) is 21.1. The molecule has 1 fully saturated rings. The minimum atomic E-state index is -3.10. The van der Waals surface area contributed by atoms with Crippen molar-refractivity contribution in [3.8, 4) is 0 Å². The molecule has 0 unspecified atom stereocenters. The molecule has 0 saturated carbocycles. The van der Waals surface area contributed by atoms with Crippen LogP contribution in [0.4, 0.5) is 0 Å². The summed E-state index contributed by atoms with van der Waals surface area (Å²) >= 11 is 0. The van der Waals surface area contributed by atoms with Crippen LogP contribution in [0.3, 0.4) is 0 Å². The van der Waals surface area contributed by atoms with E-state index >= 15 is 0 Å². The van der Waals surface area contributed by atoms with Crippen LogP contribution < -0.4 is 0 Å². The predicted octanol–water partition coefficient (Wildman–Crippen LogP) is 0.0927. The highest BCUT2D eigenvalue weighted by atomic mass is 32.2. The smallest absolute Gasteiger partial charge is 0.213 e. The number of hydrogen-bond acceptors (Lipinski definition) is 4. The topological polar surface area (TPSA) is 71.5 Å². The van der Waals surface area contributed by atoms with Crippen LogP contribution in [-0.2, 0) is 19.9 Å². The van der Waals surface area contributed by atoms with E-state index in [2.05, 4.69) is 0 Å². The molecule has 1 rings (SSSR count). The van der Waals surface area contributed by atoms with E-state index in [1.807, 2.05) is 0 Å². The van der Waals surface area contributed by atoms with Gasteiger partial charge in [0.1, 0.15) is 9.84 Å². The van der Waals surface area contributed by atoms with Gasteiger partial charge in [-0.3, -0.25) is 0 Å². The molecule has 96 valence electrons. The molecule has 5 nitrogen and oxygen atoms in total. The van der Waals surface area contributed by atoms with Crippen molar-refractivity contribution in [1.29, 1.82) is 0 Å². The first-order valence-corrected chi connectivity index (χ1v) is 9.07. The molecule has 0 N–H and O–H groups in total. The van der Waals surface area contributed by atoms with E-state index in [0.29, 0.717) is 25.9 Å². The molecule has 0 amide bonds. The van der Waals surface area contributed by atoms with Crippen molar-refractivity contribution >= 4 is 19.9 Å². The van der Waals surface area contributed by atoms with E-state index in [1.54, 1.807) is 6.92 Å². The lowest BCUT2D eigenvalue weighted by Crippen LogP contribution is -2.40. The molecular formula is C9H19NO4S2. The minimum absolute atomic E-state index is 0.110. The molecule has 1 aliphatic heterocycles. The first-order valence-electron chi connectivity index (χ1n) is 5.40. The second-order valence-corrected chi connectivity index (χ2v) is 8.78. The molecule has 0 aromatic rings. The van der Waals surface area contributed by atoms with Gasteiger partial charge in [-0.1, -0.05) is 0 Å². The van der Waals surface area contributed by atoms with Gasteiger partial charge in [0.25, 0.3) is 0 Å². The SMILES string of the molecule is CCS(=O)(=O)N1CCC(CS(C)(=O)=O)CC1. The number of piperidine rings is 1. The summed E-state index contributed by atoms with van der Waals surface area (Å²) in [7, 11) is -6.05. The zero-order chi connectivity index (χ0) is 12.4. The second-order valence-electron chi connectivity index (χ2n) is 4.34. The molecule has 1 saturated heterocycles. The van der Waals surface area contributed by atoms with Crippen LogP contribution >= 0.6 is 0 Å². The summed E-state index contributed by atoms with van der Waals surface area (Å²) in [5.74, 6) is 0.398. The van der Waals surface area contributed by atoms with Gasteiger partial charge in [-0.15, -0.1) is 0 Å². The predicted molar refractivity (Wildman–Crippen MR) is 63.5 cm³/mol. The average Bonchev–Trinajstić information content (AvgIpc) is 2.16. The highest BCUT2D eigenvalue weighted by molar-refractivity contribution is 7.90. The molecule has 0 aromatic heterocycles. The molecule has 0 radical (unpaired) electrons. The van der Waals surface area contributed by atoms with Crippen molar-refractivity contribution in [2.75, 3.05) is 30.9 Å². The van der Waals surface area contributed by atoms with E-state index in [-0.39, 0.29) is 17.4 Å². The number of nitrogens with zero attached hydrogens (tertiary/aromatic N) is 1. The van der Waals surface area contributed by atoms with Crippen molar-refractivity contribution in [3.63, 3.8) is 0 Å². The molecule has 0 aromatic carbocycles. The maximum absolute atomic E-state index is 11.6. The molecule has 0 atom stereocenters. The Morgan fingerprint density at radius 1 is 1.12 bits per heavy atom. The molecule has 0 aliphatic carbocycles. The third-order valence-electron chi connectivity index (χ3n) is 2.87. The lowest BCUT2D eigenvalue weighted by Gasteiger charge is -2.30. The summed E-state index contributed by atoms with van der Waals surface area (Å²) in [5, 5.41) is 0. The van der Waals surface area contributed by atoms with E-state index in [9.17, 15) is 16.8 Å². The van der Waals surface area contributed by atoms with E-state index in [1.165, 1.54) is 10.6 Å². The van der Waals surface area contributed by atoms with Crippen LogP contribution in [0.1, 0.15) is 19.8 Å². The molecule has 7 heteroatoms. The van der Waals surface area contributed by atoms with E-state index in [4.69, 9.17) is 0 Å². The van der Waals surface area contributed by atoms with Crippen LogP contribution in [-0.4, -0.2) is 52.0 Å². The third kappa shape index (κ3) is 4.03. The Kier molecular flexibility index (Phi) is 4.36. The minimum Gasteiger partial charge on any atom is -0.229 e. The zero-order valence-corrected chi connectivity index (χ0v) is 11.3. The van der Waals surface area contributed by atoms with Gasteiger partial charge in [0.2, 0.25) is 10.0 Å². The first kappa shape index (κ1) is 13.9. The lowest BCUT2D eigenvalue weighted by atomic mass is 10.0. The monoisotopic (exact) mass is 269 g/mol. The summed E-state index contributed by atoms with van der Waals surface area (Å²) in [5.41, 5.74) is 0. The Morgan fingerprint density at radius 3 is 2.00 bits per heavy atom. The van der Waals surface area contributed by atoms with Gasteiger partial charge in [-0.2, -0.15) is 0 Å². The summed E-state index contributed by atoms with van der Waals surface area (Å²) in [6.07, 6.45) is 2.51. The summed E-state index contributed by atoms with van der Waals surface area (Å²) < 4.78 is 46.8. The summed E-state index contributed by atoms with van der Waals surface area (Å²) in [6, 6.07) is 0. The number of rotatable bonds is 4. The molecule has 1 aliphatic rings. The first-order chi connectivity index (χ1) is 7.24. The number of hydrogen-bond donors (Lipinski definition) is 0. The van der Waals surface area contributed by atoms with Crippen molar-refractivity contribution in [1.82, 2.24) is 4.31 Å². The van der Waals surface area contributed by atoms with Gasteiger partial charge < -0.3 is 0 Å². The summed E-state index contributed by atoms with van der Waals surface area (Å²) in [6.45, 7) is 2.53. The van der Waals surface area contributed by atoms with Crippen LogP contribution in [0.15, 0.2) is 0 Å². The largest absolute Gasteiger partial charge is 0.229 e. The fraction of sp³-hybridized carbons (Fsp3) is 1.00. The Balaban J connectivity index is 2.52. The zero-order valence-electron chi connectivity index (χ0n) is 9.72.